The van der Waals surface area contributed by atoms with Gasteiger partial charge in [0, 0.05) is 26.4 Å². The third-order valence-electron chi connectivity index (χ3n) is 2.66. The molecule has 4 nitrogen and oxygen atoms in total. The van der Waals surface area contributed by atoms with Gasteiger partial charge in [-0.25, -0.2) is 0 Å². The largest absolute Gasteiger partial charge is 0.393 e. The van der Waals surface area contributed by atoms with Crippen LogP contribution >= 0.6 is 0 Å². The lowest BCUT2D eigenvalue weighted by molar-refractivity contribution is -0.120. The van der Waals surface area contributed by atoms with E-state index in [2.05, 4.69) is 0 Å². The Morgan fingerprint density at radius 1 is 1.12 bits per heavy atom. The number of unbranched alkanes of at least 4 members (excludes halogenated alkanes) is 1. The lowest BCUT2D eigenvalue weighted by atomic mass is 10.0. The number of hydrogen-bond donors (Lipinski definition) is 1. The van der Waals surface area contributed by atoms with Crippen LogP contribution in [0.15, 0.2) is 0 Å². The van der Waals surface area contributed by atoms with Crippen LogP contribution in [0.5, 0.6) is 0 Å². The molecule has 100 valence electrons. The number of aliphatic hydroxyl groups excluding tert-OH is 1. The molecular formula is C13H24O4. The van der Waals surface area contributed by atoms with Crippen molar-refractivity contribution in [3.8, 4) is 0 Å². The molecule has 0 saturated heterocycles. The maximum absolute atomic E-state index is 11.3. The molecule has 0 aliphatic heterocycles. The molecule has 0 rings (SSSR count). The summed E-state index contributed by atoms with van der Waals surface area (Å²) in [4.78, 5) is 22.0. The fourth-order valence-electron chi connectivity index (χ4n) is 1.57. The molecule has 0 aromatic rings. The van der Waals surface area contributed by atoms with E-state index in [0.717, 1.165) is 12.8 Å². The van der Waals surface area contributed by atoms with E-state index >= 15 is 0 Å². The minimum Gasteiger partial charge on any atom is -0.393 e. The lowest BCUT2D eigenvalue weighted by Crippen LogP contribution is -2.11. The van der Waals surface area contributed by atoms with Gasteiger partial charge in [0.25, 0.3) is 0 Å². The highest BCUT2D eigenvalue weighted by Crippen LogP contribution is 2.09. The summed E-state index contributed by atoms with van der Waals surface area (Å²) in [5, 5.41) is 9.62. The van der Waals surface area contributed by atoms with E-state index in [0.29, 0.717) is 38.7 Å². The molecule has 1 atom stereocenters. The highest BCUT2D eigenvalue weighted by Gasteiger charge is 2.08. The molecule has 1 unspecified atom stereocenters. The smallest absolute Gasteiger partial charge is 0.135 e. The predicted molar refractivity (Wildman–Crippen MR) is 65.9 cm³/mol. The summed E-state index contributed by atoms with van der Waals surface area (Å²) in [5.41, 5.74) is 0. The number of methoxy groups -OCH3 is 1. The molecule has 0 saturated carbocycles. The molecule has 0 fully saturated rings. The van der Waals surface area contributed by atoms with Crippen LogP contribution in [0.4, 0.5) is 0 Å². The maximum atomic E-state index is 11.3. The van der Waals surface area contributed by atoms with Crippen molar-refractivity contribution in [2.24, 2.45) is 0 Å². The van der Waals surface area contributed by atoms with E-state index in [1.807, 2.05) is 0 Å². The molecule has 0 aliphatic carbocycles. The van der Waals surface area contributed by atoms with E-state index in [9.17, 15) is 14.7 Å². The molecule has 1 N–H and O–H groups in total. The monoisotopic (exact) mass is 244 g/mol. The zero-order valence-electron chi connectivity index (χ0n) is 10.9. The van der Waals surface area contributed by atoms with Crippen molar-refractivity contribution in [3.05, 3.63) is 0 Å². The molecule has 0 radical (unpaired) electrons. The van der Waals surface area contributed by atoms with Gasteiger partial charge < -0.3 is 14.6 Å². The van der Waals surface area contributed by atoms with Gasteiger partial charge >= 0.3 is 0 Å². The minimum atomic E-state index is -0.423. The first-order chi connectivity index (χ1) is 8.06. The number of ketones is 2. The van der Waals surface area contributed by atoms with E-state index in [-0.39, 0.29) is 11.6 Å². The van der Waals surface area contributed by atoms with Gasteiger partial charge in [0.15, 0.2) is 0 Å². The lowest BCUT2D eigenvalue weighted by Gasteiger charge is -2.09. The zero-order valence-corrected chi connectivity index (χ0v) is 10.9. The summed E-state index contributed by atoms with van der Waals surface area (Å²) in [7, 11) is 1.57. The summed E-state index contributed by atoms with van der Waals surface area (Å²) < 4.78 is 4.81. The number of Topliss-reactive ketones (excluding diaryl/α,β-unsaturated/α-hetero) is 2. The Balaban J connectivity index is 3.42. The fraction of sp³-hybridized carbons (Fsp3) is 0.846. The number of aliphatic hydroxyl groups is 1. The van der Waals surface area contributed by atoms with Crippen LogP contribution in [0, 0.1) is 0 Å². The third-order valence-corrected chi connectivity index (χ3v) is 2.66. The van der Waals surface area contributed by atoms with Gasteiger partial charge in [0.2, 0.25) is 0 Å². The molecule has 0 heterocycles. The van der Waals surface area contributed by atoms with Crippen LogP contribution in [-0.2, 0) is 14.3 Å². The normalized spacial score (nSPS) is 12.4. The second-order valence-corrected chi connectivity index (χ2v) is 4.42. The van der Waals surface area contributed by atoms with E-state index in [1.54, 1.807) is 14.0 Å². The van der Waals surface area contributed by atoms with Gasteiger partial charge in [-0.1, -0.05) is 6.42 Å². The average Bonchev–Trinajstić information content (AvgIpc) is 2.29. The van der Waals surface area contributed by atoms with E-state index in [4.69, 9.17) is 4.74 Å². The van der Waals surface area contributed by atoms with Crippen molar-refractivity contribution in [3.63, 3.8) is 0 Å². The van der Waals surface area contributed by atoms with Crippen molar-refractivity contribution >= 4 is 11.6 Å². The van der Waals surface area contributed by atoms with Gasteiger partial charge in [-0.2, -0.15) is 0 Å². The first kappa shape index (κ1) is 16.3. The number of rotatable bonds is 11. The Hall–Kier alpha value is -0.740. The van der Waals surface area contributed by atoms with Crippen molar-refractivity contribution in [1.29, 1.82) is 0 Å². The molecule has 0 amide bonds. The van der Waals surface area contributed by atoms with Gasteiger partial charge in [0.05, 0.1) is 12.7 Å². The molecular weight excluding hydrogens is 220 g/mol. The third kappa shape index (κ3) is 11.5. The second kappa shape index (κ2) is 10.4. The number of carbonyl (C=O) groups is 2. The molecule has 0 aromatic heterocycles. The summed E-state index contributed by atoms with van der Waals surface area (Å²) in [6.07, 6.45) is 3.85. The van der Waals surface area contributed by atoms with Crippen molar-refractivity contribution in [1.82, 2.24) is 0 Å². The predicted octanol–water partition coefficient (Wildman–Crippen LogP) is 1.88. The molecule has 0 aliphatic rings. The number of ether oxygens (including phenoxy) is 1. The Labute approximate surface area is 103 Å². The van der Waals surface area contributed by atoms with Crippen LogP contribution in [0.25, 0.3) is 0 Å². The average molecular weight is 244 g/mol. The minimum absolute atomic E-state index is 0.134. The van der Waals surface area contributed by atoms with Gasteiger partial charge in [-0.3, -0.25) is 4.79 Å². The van der Waals surface area contributed by atoms with Crippen molar-refractivity contribution in [2.75, 3.05) is 13.7 Å². The first-order valence-corrected chi connectivity index (χ1v) is 6.24. The van der Waals surface area contributed by atoms with Gasteiger partial charge in [-0.05, 0) is 26.2 Å². The van der Waals surface area contributed by atoms with Crippen LogP contribution in [0.1, 0.15) is 51.9 Å². The molecule has 17 heavy (non-hydrogen) atoms. The zero-order chi connectivity index (χ0) is 13.1. The quantitative estimate of drug-likeness (QED) is 0.564. The summed E-state index contributed by atoms with van der Waals surface area (Å²) >= 11 is 0. The van der Waals surface area contributed by atoms with Crippen LogP contribution < -0.4 is 0 Å². The molecule has 0 bridgehead atoms. The van der Waals surface area contributed by atoms with Crippen LogP contribution in [0.2, 0.25) is 0 Å². The van der Waals surface area contributed by atoms with E-state index in [1.165, 1.54) is 0 Å². The molecule has 0 aromatic carbocycles. The van der Waals surface area contributed by atoms with Gasteiger partial charge in [-0.15, -0.1) is 0 Å². The summed E-state index contributed by atoms with van der Waals surface area (Å²) in [6, 6.07) is 0. The van der Waals surface area contributed by atoms with Crippen LogP contribution in [-0.4, -0.2) is 36.5 Å². The Bertz CT molecular complexity index is 225. The van der Waals surface area contributed by atoms with E-state index < -0.39 is 6.10 Å². The topological polar surface area (TPSA) is 63.6 Å². The SMILES string of the molecule is COCCC(=O)CCC(O)CCCCC(C)=O. The fourth-order valence-corrected chi connectivity index (χ4v) is 1.57. The number of hydrogen-bond acceptors (Lipinski definition) is 4. The molecule has 0 spiro atoms. The van der Waals surface area contributed by atoms with Gasteiger partial charge in [0.1, 0.15) is 11.6 Å². The summed E-state index contributed by atoms with van der Waals surface area (Å²) in [5.74, 6) is 0.323. The number of carbonyl (C=O) groups excluding carboxylic acids is 2. The Morgan fingerprint density at radius 3 is 2.41 bits per heavy atom. The van der Waals surface area contributed by atoms with Crippen LogP contribution in [0.3, 0.4) is 0 Å². The maximum Gasteiger partial charge on any atom is 0.135 e. The van der Waals surface area contributed by atoms with Crippen molar-refractivity contribution in [2.45, 2.75) is 58.0 Å². The standard InChI is InChI=1S/C13H24O4/c1-11(14)5-3-4-6-12(15)7-8-13(16)9-10-17-2/h12,15H,3-10H2,1-2H3. The highest BCUT2D eigenvalue weighted by molar-refractivity contribution is 5.78. The Kier molecular flexibility index (Phi) is 9.96. The summed E-state index contributed by atoms with van der Waals surface area (Å²) in [6.45, 7) is 2.03. The first-order valence-electron chi connectivity index (χ1n) is 6.24. The second-order valence-electron chi connectivity index (χ2n) is 4.42. The Morgan fingerprint density at radius 2 is 1.82 bits per heavy atom. The highest BCUT2D eigenvalue weighted by atomic mass is 16.5. The van der Waals surface area contributed by atoms with Crippen molar-refractivity contribution < 1.29 is 19.4 Å². The molecule has 4 heteroatoms.